The Bertz CT molecular complexity index is 232. The molecule has 0 amide bonds. The molecule has 0 aliphatic carbocycles. The summed E-state index contributed by atoms with van der Waals surface area (Å²) >= 11 is 4.03. The Kier molecular flexibility index (Phi) is 5.31. The first-order valence-electron chi connectivity index (χ1n) is 3.25. The van der Waals surface area contributed by atoms with Gasteiger partial charge in [-0.05, 0) is 12.8 Å². The molecule has 72 valence electrons. The van der Waals surface area contributed by atoms with Crippen molar-refractivity contribution >= 4 is 26.2 Å². The van der Waals surface area contributed by atoms with E-state index < -0.39 is 15.0 Å². The van der Waals surface area contributed by atoms with E-state index in [0.29, 0.717) is 12.8 Å². The number of carboxylic acids is 1. The summed E-state index contributed by atoms with van der Waals surface area (Å²) in [6, 6.07) is 0. The number of aliphatic carboxylic acids is 1. The van der Waals surface area contributed by atoms with Gasteiger partial charge in [0.1, 0.15) is 0 Å². The van der Waals surface area contributed by atoms with E-state index in [4.69, 9.17) is 9.66 Å². The molecular weight excluding hydrogens is 204 g/mol. The van der Waals surface area contributed by atoms with Crippen LogP contribution in [0.15, 0.2) is 0 Å². The molecule has 0 aliphatic heterocycles. The lowest BCUT2D eigenvalue weighted by molar-refractivity contribution is -0.137. The van der Waals surface area contributed by atoms with Gasteiger partial charge in [0.25, 0.3) is 9.05 Å². The van der Waals surface area contributed by atoms with Gasteiger partial charge in [-0.25, -0.2) is 0 Å². The lowest BCUT2D eigenvalue weighted by atomic mass is 10.2. The van der Waals surface area contributed by atoms with Gasteiger partial charge in [-0.3, -0.25) is 13.5 Å². The molecule has 12 heavy (non-hydrogen) atoms. The van der Waals surface area contributed by atoms with Crippen LogP contribution in [0.5, 0.6) is 0 Å². The topological polar surface area (TPSA) is 83.8 Å². The number of hydrogen-bond donors (Lipinski definition) is 2. The second-order valence-corrected chi connectivity index (χ2v) is 4.46. The zero-order chi connectivity index (χ0) is 9.61. The summed E-state index contributed by atoms with van der Waals surface area (Å²) < 4.78 is 23.1. The van der Waals surface area contributed by atoms with E-state index in [-0.39, 0.29) is 13.0 Å². The minimum atomic E-state index is -3.54. The molecule has 7 heteroatoms. The van der Waals surface area contributed by atoms with Crippen LogP contribution in [-0.4, -0.2) is 26.4 Å². The van der Waals surface area contributed by atoms with Crippen LogP contribution in [0.25, 0.3) is 0 Å². The van der Waals surface area contributed by atoms with Gasteiger partial charge < -0.3 is 5.11 Å². The SMILES string of the molecule is O=C(O)CCCCOS(=O)(O)=S. The molecule has 0 bridgehead atoms. The fraction of sp³-hybridized carbons (Fsp3) is 0.800. The summed E-state index contributed by atoms with van der Waals surface area (Å²) in [5, 5.41) is 8.21. The highest BCUT2D eigenvalue weighted by Gasteiger charge is 2.00. The number of carbonyl (C=O) groups is 1. The van der Waals surface area contributed by atoms with Crippen molar-refractivity contribution in [2.24, 2.45) is 0 Å². The molecule has 0 radical (unpaired) electrons. The first-order valence-corrected chi connectivity index (χ1v) is 5.62. The molecular formula is C5H10O5S2. The Morgan fingerprint density at radius 3 is 2.50 bits per heavy atom. The third kappa shape index (κ3) is 9.76. The highest BCUT2D eigenvalue weighted by Crippen LogP contribution is 1.97. The van der Waals surface area contributed by atoms with Crippen molar-refractivity contribution in [3.8, 4) is 0 Å². The molecule has 1 unspecified atom stereocenters. The van der Waals surface area contributed by atoms with E-state index in [1.165, 1.54) is 0 Å². The van der Waals surface area contributed by atoms with Crippen molar-refractivity contribution in [2.45, 2.75) is 19.3 Å². The van der Waals surface area contributed by atoms with Crippen LogP contribution in [0, 0.1) is 0 Å². The number of carboxylic acid groups (broad SMARTS) is 1. The quantitative estimate of drug-likeness (QED) is 0.622. The highest BCUT2D eigenvalue weighted by molar-refractivity contribution is 8.27. The lowest BCUT2D eigenvalue weighted by Crippen LogP contribution is -2.04. The summed E-state index contributed by atoms with van der Waals surface area (Å²) in [7, 11) is -3.54. The van der Waals surface area contributed by atoms with Crippen LogP contribution in [0.2, 0.25) is 0 Å². The Morgan fingerprint density at radius 2 is 2.08 bits per heavy atom. The average molecular weight is 214 g/mol. The normalized spacial score (nSPS) is 15.4. The molecule has 0 aromatic rings. The van der Waals surface area contributed by atoms with Crippen LogP contribution in [0.4, 0.5) is 0 Å². The van der Waals surface area contributed by atoms with E-state index in [2.05, 4.69) is 15.4 Å². The van der Waals surface area contributed by atoms with Crippen molar-refractivity contribution < 1.29 is 22.8 Å². The average Bonchev–Trinajstić information content (AvgIpc) is 1.83. The third-order valence-electron chi connectivity index (χ3n) is 1.02. The predicted octanol–water partition coefficient (Wildman–Crippen LogP) is 0.392. The second-order valence-electron chi connectivity index (χ2n) is 2.10. The van der Waals surface area contributed by atoms with E-state index in [1.807, 2.05) is 0 Å². The highest BCUT2D eigenvalue weighted by atomic mass is 32.9. The predicted molar refractivity (Wildman–Crippen MR) is 45.6 cm³/mol. The molecule has 0 heterocycles. The van der Waals surface area contributed by atoms with Gasteiger partial charge in [0, 0.05) is 17.6 Å². The zero-order valence-electron chi connectivity index (χ0n) is 6.26. The van der Waals surface area contributed by atoms with Crippen molar-refractivity contribution in [2.75, 3.05) is 6.61 Å². The Balaban J connectivity index is 3.29. The van der Waals surface area contributed by atoms with Gasteiger partial charge in [-0.2, -0.15) is 4.21 Å². The molecule has 1 atom stereocenters. The second kappa shape index (κ2) is 5.41. The minimum Gasteiger partial charge on any atom is -0.481 e. The largest absolute Gasteiger partial charge is 0.481 e. The molecule has 2 N–H and O–H groups in total. The fourth-order valence-corrected chi connectivity index (χ4v) is 1.08. The molecule has 0 spiro atoms. The molecule has 0 aromatic heterocycles. The van der Waals surface area contributed by atoms with E-state index in [1.54, 1.807) is 0 Å². The van der Waals surface area contributed by atoms with Gasteiger partial charge in [0.15, 0.2) is 0 Å². The first kappa shape index (κ1) is 11.8. The van der Waals surface area contributed by atoms with Crippen molar-refractivity contribution in [3.63, 3.8) is 0 Å². The van der Waals surface area contributed by atoms with Crippen LogP contribution in [0.3, 0.4) is 0 Å². The molecule has 5 nitrogen and oxygen atoms in total. The molecule has 0 aliphatic rings. The fourth-order valence-electron chi connectivity index (χ4n) is 0.543. The van der Waals surface area contributed by atoms with Gasteiger partial charge in [0.2, 0.25) is 0 Å². The summed E-state index contributed by atoms with van der Waals surface area (Å²) in [5.41, 5.74) is 0. The summed E-state index contributed by atoms with van der Waals surface area (Å²) in [5.74, 6) is -0.891. The molecule has 0 saturated carbocycles. The Labute approximate surface area is 75.4 Å². The smallest absolute Gasteiger partial charge is 0.303 e. The number of hydrogen-bond acceptors (Lipinski definition) is 4. The molecule has 0 aromatic carbocycles. The summed E-state index contributed by atoms with van der Waals surface area (Å²) in [6.45, 7) is 0.0200. The summed E-state index contributed by atoms with van der Waals surface area (Å²) in [4.78, 5) is 9.99. The maximum atomic E-state index is 10.3. The van der Waals surface area contributed by atoms with Crippen molar-refractivity contribution in [3.05, 3.63) is 0 Å². The van der Waals surface area contributed by atoms with E-state index >= 15 is 0 Å². The zero-order valence-corrected chi connectivity index (χ0v) is 7.90. The van der Waals surface area contributed by atoms with Gasteiger partial charge >= 0.3 is 5.97 Å². The summed E-state index contributed by atoms with van der Waals surface area (Å²) in [6.07, 6.45) is 0.869. The minimum absolute atomic E-state index is 0.0200. The van der Waals surface area contributed by atoms with Crippen molar-refractivity contribution in [1.29, 1.82) is 0 Å². The number of rotatable bonds is 6. The van der Waals surface area contributed by atoms with Crippen LogP contribution in [0.1, 0.15) is 19.3 Å². The van der Waals surface area contributed by atoms with Gasteiger partial charge in [-0.15, -0.1) is 0 Å². The molecule has 0 saturated heterocycles. The van der Waals surface area contributed by atoms with Gasteiger partial charge in [0.05, 0.1) is 6.61 Å². The standard InChI is InChI=1S/C5H10O5S2/c6-5(7)3-1-2-4-10-12(8,9)11/h1-4H2,(H,6,7)(H,8,9,11). The maximum Gasteiger partial charge on any atom is 0.303 e. The van der Waals surface area contributed by atoms with E-state index in [0.717, 1.165) is 0 Å². The monoisotopic (exact) mass is 214 g/mol. The van der Waals surface area contributed by atoms with Crippen molar-refractivity contribution in [1.82, 2.24) is 0 Å². The van der Waals surface area contributed by atoms with Gasteiger partial charge in [-0.1, -0.05) is 0 Å². The maximum absolute atomic E-state index is 10.3. The number of unbranched alkanes of at least 4 members (excludes halogenated alkanes) is 1. The lowest BCUT2D eigenvalue weighted by Gasteiger charge is -1.99. The Hall–Kier alpha value is -0.240. The Morgan fingerprint density at radius 1 is 1.50 bits per heavy atom. The first-order chi connectivity index (χ1) is 5.42. The van der Waals surface area contributed by atoms with Crippen LogP contribution < -0.4 is 0 Å². The van der Waals surface area contributed by atoms with Crippen LogP contribution in [-0.2, 0) is 29.2 Å². The molecule has 0 rings (SSSR count). The van der Waals surface area contributed by atoms with E-state index in [9.17, 15) is 9.00 Å². The third-order valence-corrected chi connectivity index (χ3v) is 1.77. The molecule has 0 fully saturated rings. The van der Waals surface area contributed by atoms with Crippen LogP contribution >= 0.6 is 0 Å².